The number of hydrogen-bond donors (Lipinski definition) is 2. The van der Waals surface area contributed by atoms with E-state index >= 15 is 0 Å². The quantitative estimate of drug-likeness (QED) is 0.847. The molecule has 0 aliphatic heterocycles. The Balaban J connectivity index is 2.50. The highest BCUT2D eigenvalue weighted by Crippen LogP contribution is 2.18. The Kier molecular flexibility index (Phi) is 5.38. The molecule has 1 aromatic carbocycles. The van der Waals surface area contributed by atoms with Crippen LogP contribution in [0.5, 0.6) is 0 Å². The molecule has 1 rings (SSSR count). The number of amides is 1. The Morgan fingerprint density at radius 2 is 2.29 bits per heavy atom. The maximum atomic E-state index is 13.0. The second kappa shape index (κ2) is 6.57. The molecule has 1 aromatic rings. The summed E-state index contributed by atoms with van der Waals surface area (Å²) in [7, 11) is 0. The van der Waals surface area contributed by atoms with Gasteiger partial charge >= 0.3 is 0 Å². The van der Waals surface area contributed by atoms with Gasteiger partial charge in [0.2, 0.25) is 5.91 Å². The fourth-order valence-corrected chi connectivity index (χ4v) is 1.60. The standard InChI is InChI=1S/C12H16ClFN2O/c1-8(7-15)16-12(17)5-2-9-6-10(14)3-4-11(9)13/h3-4,6,8H,2,5,7,15H2,1H3,(H,16,17). The second-order valence-electron chi connectivity index (χ2n) is 3.94. The van der Waals surface area contributed by atoms with Crippen LogP contribution in [-0.2, 0) is 11.2 Å². The van der Waals surface area contributed by atoms with Crippen molar-refractivity contribution in [3.05, 3.63) is 34.6 Å². The van der Waals surface area contributed by atoms with Crippen LogP contribution in [-0.4, -0.2) is 18.5 Å². The number of nitrogens with one attached hydrogen (secondary N) is 1. The Hall–Kier alpha value is -1.13. The minimum Gasteiger partial charge on any atom is -0.352 e. The zero-order valence-electron chi connectivity index (χ0n) is 9.67. The molecule has 0 aliphatic rings. The number of hydrogen-bond acceptors (Lipinski definition) is 2. The smallest absolute Gasteiger partial charge is 0.220 e. The largest absolute Gasteiger partial charge is 0.352 e. The number of rotatable bonds is 5. The van der Waals surface area contributed by atoms with Gasteiger partial charge in [0.05, 0.1) is 0 Å². The summed E-state index contributed by atoms with van der Waals surface area (Å²) < 4.78 is 13.0. The molecule has 94 valence electrons. The highest BCUT2D eigenvalue weighted by Gasteiger charge is 2.08. The van der Waals surface area contributed by atoms with Crippen molar-refractivity contribution >= 4 is 17.5 Å². The maximum absolute atomic E-state index is 13.0. The van der Waals surface area contributed by atoms with Crippen LogP contribution in [0, 0.1) is 5.82 Å². The molecular formula is C12H16ClFN2O. The Bertz CT molecular complexity index is 398. The fraction of sp³-hybridized carbons (Fsp3) is 0.417. The normalized spacial score (nSPS) is 12.2. The highest BCUT2D eigenvalue weighted by atomic mass is 35.5. The molecule has 5 heteroatoms. The van der Waals surface area contributed by atoms with E-state index in [4.69, 9.17) is 17.3 Å². The van der Waals surface area contributed by atoms with Crippen molar-refractivity contribution in [1.29, 1.82) is 0 Å². The SMILES string of the molecule is CC(CN)NC(=O)CCc1cc(F)ccc1Cl. The Morgan fingerprint density at radius 3 is 2.94 bits per heavy atom. The van der Waals surface area contributed by atoms with Crippen LogP contribution in [0.3, 0.4) is 0 Å². The van der Waals surface area contributed by atoms with E-state index in [1.54, 1.807) is 0 Å². The van der Waals surface area contributed by atoms with E-state index in [9.17, 15) is 9.18 Å². The van der Waals surface area contributed by atoms with Crippen LogP contribution in [0.15, 0.2) is 18.2 Å². The lowest BCUT2D eigenvalue weighted by molar-refractivity contribution is -0.121. The van der Waals surface area contributed by atoms with Crippen LogP contribution in [0.2, 0.25) is 5.02 Å². The Labute approximate surface area is 105 Å². The van der Waals surface area contributed by atoms with Gasteiger partial charge in [-0.1, -0.05) is 11.6 Å². The van der Waals surface area contributed by atoms with E-state index in [0.717, 1.165) is 0 Å². The van der Waals surface area contributed by atoms with Crippen molar-refractivity contribution < 1.29 is 9.18 Å². The number of nitrogens with two attached hydrogens (primary N) is 1. The zero-order valence-corrected chi connectivity index (χ0v) is 10.4. The average Bonchev–Trinajstić information content (AvgIpc) is 2.30. The van der Waals surface area contributed by atoms with E-state index in [0.29, 0.717) is 23.6 Å². The van der Waals surface area contributed by atoms with E-state index < -0.39 is 0 Å². The summed E-state index contributed by atoms with van der Waals surface area (Å²) in [6.45, 7) is 2.22. The number of halogens is 2. The van der Waals surface area contributed by atoms with Crippen molar-refractivity contribution in [2.75, 3.05) is 6.54 Å². The predicted octanol–water partition coefficient (Wildman–Crippen LogP) is 1.88. The molecule has 0 heterocycles. The summed E-state index contributed by atoms with van der Waals surface area (Å²) in [5, 5.41) is 3.21. The van der Waals surface area contributed by atoms with E-state index in [2.05, 4.69) is 5.32 Å². The lowest BCUT2D eigenvalue weighted by Crippen LogP contribution is -2.37. The lowest BCUT2D eigenvalue weighted by atomic mass is 10.1. The first-order chi connectivity index (χ1) is 8.02. The van der Waals surface area contributed by atoms with E-state index in [-0.39, 0.29) is 24.2 Å². The monoisotopic (exact) mass is 258 g/mol. The number of aryl methyl sites for hydroxylation is 1. The summed E-state index contributed by atoms with van der Waals surface area (Å²) in [6.07, 6.45) is 0.688. The average molecular weight is 259 g/mol. The molecule has 1 unspecified atom stereocenters. The number of benzene rings is 1. The third-order valence-electron chi connectivity index (χ3n) is 2.39. The molecule has 3 N–H and O–H groups in total. The molecule has 3 nitrogen and oxygen atoms in total. The van der Waals surface area contributed by atoms with Gasteiger partial charge in [0, 0.05) is 24.0 Å². The first-order valence-electron chi connectivity index (χ1n) is 5.46. The topological polar surface area (TPSA) is 55.1 Å². The van der Waals surface area contributed by atoms with Crippen LogP contribution in [0.1, 0.15) is 18.9 Å². The summed E-state index contributed by atoms with van der Waals surface area (Å²) >= 11 is 5.89. The minimum atomic E-state index is -0.347. The van der Waals surface area contributed by atoms with Crippen molar-refractivity contribution in [3.8, 4) is 0 Å². The first kappa shape index (κ1) is 13.9. The molecule has 0 bridgehead atoms. The van der Waals surface area contributed by atoms with Crippen molar-refractivity contribution in [3.63, 3.8) is 0 Å². The Morgan fingerprint density at radius 1 is 1.59 bits per heavy atom. The molecule has 0 fully saturated rings. The molecule has 1 amide bonds. The van der Waals surface area contributed by atoms with Crippen molar-refractivity contribution in [1.82, 2.24) is 5.32 Å². The van der Waals surface area contributed by atoms with Gasteiger partial charge in [-0.2, -0.15) is 0 Å². The van der Waals surface area contributed by atoms with Crippen LogP contribution < -0.4 is 11.1 Å². The predicted molar refractivity (Wildman–Crippen MR) is 66.4 cm³/mol. The van der Waals surface area contributed by atoms with Gasteiger partial charge in [0.1, 0.15) is 5.82 Å². The highest BCUT2D eigenvalue weighted by molar-refractivity contribution is 6.31. The third kappa shape index (κ3) is 4.71. The molecule has 0 radical (unpaired) electrons. The van der Waals surface area contributed by atoms with Crippen LogP contribution in [0.25, 0.3) is 0 Å². The zero-order chi connectivity index (χ0) is 12.8. The van der Waals surface area contributed by atoms with Gasteiger partial charge in [-0.3, -0.25) is 4.79 Å². The van der Waals surface area contributed by atoms with Crippen molar-refractivity contribution in [2.24, 2.45) is 5.73 Å². The summed E-state index contributed by atoms with van der Waals surface area (Å²) in [4.78, 5) is 11.5. The third-order valence-corrected chi connectivity index (χ3v) is 2.76. The molecule has 0 saturated heterocycles. The van der Waals surface area contributed by atoms with E-state index in [1.807, 2.05) is 6.92 Å². The summed E-state index contributed by atoms with van der Waals surface area (Å²) in [6, 6.07) is 4.09. The first-order valence-corrected chi connectivity index (χ1v) is 5.84. The maximum Gasteiger partial charge on any atom is 0.220 e. The van der Waals surface area contributed by atoms with Gasteiger partial charge in [0.15, 0.2) is 0 Å². The number of carbonyl (C=O) groups is 1. The molecular weight excluding hydrogens is 243 g/mol. The van der Waals surface area contributed by atoms with Gasteiger partial charge in [-0.05, 0) is 37.1 Å². The van der Waals surface area contributed by atoms with Crippen molar-refractivity contribution in [2.45, 2.75) is 25.8 Å². The number of carbonyl (C=O) groups excluding carboxylic acids is 1. The minimum absolute atomic E-state index is 0.0505. The summed E-state index contributed by atoms with van der Waals surface area (Å²) in [5.74, 6) is -0.455. The molecule has 0 aliphatic carbocycles. The second-order valence-corrected chi connectivity index (χ2v) is 4.35. The fourth-order valence-electron chi connectivity index (χ4n) is 1.39. The molecule has 17 heavy (non-hydrogen) atoms. The molecule has 1 atom stereocenters. The van der Waals surface area contributed by atoms with Gasteiger partial charge in [-0.15, -0.1) is 0 Å². The lowest BCUT2D eigenvalue weighted by Gasteiger charge is -2.11. The van der Waals surface area contributed by atoms with Gasteiger partial charge < -0.3 is 11.1 Å². The molecule has 0 spiro atoms. The van der Waals surface area contributed by atoms with E-state index in [1.165, 1.54) is 18.2 Å². The van der Waals surface area contributed by atoms with Crippen LogP contribution >= 0.6 is 11.6 Å². The van der Waals surface area contributed by atoms with Gasteiger partial charge in [-0.25, -0.2) is 4.39 Å². The molecule has 0 saturated carbocycles. The van der Waals surface area contributed by atoms with Gasteiger partial charge in [0.25, 0.3) is 0 Å². The van der Waals surface area contributed by atoms with Crippen LogP contribution in [0.4, 0.5) is 4.39 Å². The molecule has 0 aromatic heterocycles. The summed E-state index contributed by atoms with van der Waals surface area (Å²) in [5.41, 5.74) is 6.03.